The molecule has 0 aliphatic heterocycles. The van der Waals surface area contributed by atoms with Crippen LogP contribution in [0.25, 0.3) is 0 Å². The molecule has 2 N–H and O–H groups in total. The number of hydrogen-bond donors (Lipinski definition) is 1. The topological polar surface area (TPSA) is 26.0 Å². The van der Waals surface area contributed by atoms with E-state index in [9.17, 15) is 0 Å². The van der Waals surface area contributed by atoms with Crippen LogP contribution in [0.15, 0.2) is 0 Å². The maximum absolute atomic E-state index is 5.36. The van der Waals surface area contributed by atoms with Crippen LogP contribution in [0.1, 0.15) is 45.4 Å². The Morgan fingerprint density at radius 3 is 2.40 bits per heavy atom. The fourth-order valence-electron chi connectivity index (χ4n) is 0.991. The minimum absolute atomic E-state index is 0.859. The Kier molecular flexibility index (Phi) is 8.92. The minimum Gasteiger partial charge on any atom is -0.330 e. The predicted octanol–water partition coefficient (Wildman–Crippen LogP) is 2.51. The van der Waals surface area contributed by atoms with E-state index < -0.39 is 0 Å². The molecule has 0 rings (SSSR count). The van der Waals surface area contributed by atoms with Gasteiger partial charge in [0.1, 0.15) is 0 Å². The molecule has 0 aliphatic rings. The lowest BCUT2D eigenvalue weighted by Gasteiger charge is -1.97. The van der Waals surface area contributed by atoms with Gasteiger partial charge in [-0.15, -0.1) is 0 Å². The highest BCUT2D eigenvalue weighted by atomic mass is 14.5. The SMILES string of the molecule is CC[CH]CCCCCCN. The molecule has 0 unspecified atom stereocenters. The van der Waals surface area contributed by atoms with Gasteiger partial charge in [0, 0.05) is 0 Å². The molecule has 0 bridgehead atoms. The molecule has 0 aromatic rings. The Bertz CT molecular complexity index is 44.7. The first-order valence-electron chi connectivity index (χ1n) is 4.43. The van der Waals surface area contributed by atoms with Crippen molar-refractivity contribution in [3.8, 4) is 0 Å². The van der Waals surface area contributed by atoms with E-state index in [4.69, 9.17) is 5.73 Å². The van der Waals surface area contributed by atoms with Crippen molar-refractivity contribution in [2.75, 3.05) is 6.54 Å². The van der Waals surface area contributed by atoms with Crippen molar-refractivity contribution in [3.63, 3.8) is 0 Å². The summed E-state index contributed by atoms with van der Waals surface area (Å²) in [6, 6.07) is 0. The van der Waals surface area contributed by atoms with Crippen molar-refractivity contribution < 1.29 is 0 Å². The third-order valence-electron chi connectivity index (χ3n) is 1.65. The Morgan fingerprint density at radius 1 is 1.10 bits per heavy atom. The van der Waals surface area contributed by atoms with Gasteiger partial charge >= 0.3 is 0 Å². The maximum Gasteiger partial charge on any atom is -0.00773 e. The van der Waals surface area contributed by atoms with E-state index in [2.05, 4.69) is 13.3 Å². The van der Waals surface area contributed by atoms with Gasteiger partial charge in [-0.2, -0.15) is 0 Å². The largest absolute Gasteiger partial charge is 0.330 e. The van der Waals surface area contributed by atoms with Crippen LogP contribution >= 0.6 is 0 Å². The van der Waals surface area contributed by atoms with Crippen molar-refractivity contribution in [1.82, 2.24) is 0 Å². The molecule has 0 fully saturated rings. The summed E-state index contributed by atoms with van der Waals surface area (Å²) in [6.07, 6.45) is 10.1. The van der Waals surface area contributed by atoms with Crippen LogP contribution in [0.5, 0.6) is 0 Å². The molecule has 61 valence electrons. The second kappa shape index (κ2) is 8.96. The minimum atomic E-state index is 0.859. The van der Waals surface area contributed by atoms with Gasteiger partial charge in [0.05, 0.1) is 0 Å². The summed E-state index contributed by atoms with van der Waals surface area (Å²) in [5.41, 5.74) is 5.36. The van der Waals surface area contributed by atoms with Crippen molar-refractivity contribution >= 4 is 0 Å². The van der Waals surface area contributed by atoms with Crippen LogP contribution < -0.4 is 5.73 Å². The molecular weight excluding hydrogens is 122 g/mol. The van der Waals surface area contributed by atoms with Crippen molar-refractivity contribution in [3.05, 3.63) is 6.42 Å². The fourth-order valence-corrected chi connectivity index (χ4v) is 0.991. The number of rotatable bonds is 7. The lowest BCUT2D eigenvalue weighted by atomic mass is 10.1. The second-order valence-electron chi connectivity index (χ2n) is 2.69. The Morgan fingerprint density at radius 2 is 1.80 bits per heavy atom. The normalized spacial score (nSPS) is 10.2. The number of hydrogen-bond acceptors (Lipinski definition) is 1. The first-order valence-corrected chi connectivity index (χ1v) is 4.43. The zero-order valence-electron chi connectivity index (χ0n) is 7.10. The van der Waals surface area contributed by atoms with Gasteiger partial charge in [0.2, 0.25) is 0 Å². The van der Waals surface area contributed by atoms with Crippen LogP contribution in [-0.4, -0.2) is 6.54 Å². The van der Waals surface area contributed by atoms with E-state index >= 15 is 0 Å². The van der Waals surface area contributed by atoms with Crippen molar-refractivity contribution in [1.29, 1.82) is 0 Å². The molecule has 10 heavy (non-hydrogen) atoms. The van der Waals surface area contributed by atoms with Gasteiger partial charge in [-0.1, -0.05) is 39.0 Å². The van der Waals surface area contributed by atoms with E-state index in [1.807, 2.05) is 0 Å². The monoisotopic (exact) mass is 142 g/mol. The third-order valence-corrected chi connectivity index (χ3v) is 1.65. The molecule has 0 aromatic heterocycles. The summed E-state index contributed by atoms with van der Waals surface area (Å²) in [7, 11) is 0. The van der Waals surface area contributed by atoms with E-state index in [0.717, 1.165) is 6.54 Å². The van der Waals surface area contributed by atoms with E-state index in [1.165, 1.54) is 38.5 Å². The van der Waals surface area contributed by atoms with Gasteiger partial charge < -0.3 is 5.73 Å². The first-order chi connectivity index (χ1) is 4.91. The number of unbranched alkanes of at least 4 members (excludes halogenated alkanes) is 6. The maximum atomic E-state index is 5.36. The van der Waals surface area contributed by atoms with Crippen LogP contribution in [0.4, 0.5) is 0 Å². The highest BCUT2D eigenvalue weighted by Gasteiger charge is 1.87. The Hall–Kier alpha value is -0.0400. The third kappa shape index (κ3) is 7.96. The highest BCUT2D eigenvalue weighted by molar-refractivity contribution is 4.60. The Labute approximate surface area is 65.0 Å². The fraction of sp³-hybridized carbons (Fsp3) is 0.889. The van der Waals surface area contributed by atoms with Gasteiger partial charge in [-0.05, 0) is 19.4 Å². The molecule has 0 saturated heterocycles. The molecule has 0 heterocycles. The summed E-state index contributed by atoms with van der Waals surface area (Å²) in [6.45, 7) is 3.05. The molecule has 1 radical (unpaired) electrons. The molecule has 0 aliphatic carbocycles. The lowest BCUT2D eigenvalue weighted by Crippen LogP contribution is -1.97. The van der Waals surface area contributed by atoms with Crippen LogP contribution in [0.3, 0.4) is 0 Å². The van der Waals surface area contributed by atoms with Gasteiger partial charge in [-0.3, -0.25) is 0 Å². The van der Waals surface area contributed by atoms with Gasteiger partial charge in [-0.25, -0.2) is 0 Å². The van der Waals surface area contributed by atoms with Gasteiger partial charge in [0.15, 0.2) is 0 Å². The molecular formula is C9H20N. The molecule has 1 heteroatoms. The lowest BCUT2D eigenvalue weighted by molar-refractivity contribution is 0.638. The summed E-state index contributed by atoms with van der Waals surface area (Å²) >= 11 is 0. The van der Waals surface area contributed by atoms with Gasteiger partial charge in [0.25, 0.3) is 0 Å². The van der Waals surface area contributed by atoms with E-state index in [0.29, 0.717) is 0 Å². The molecule has 0 amide bonds. The summed E-state index contributed by atoms with van der Waals surface area (Å²) in [5.74, 6) is 0. The number of nitrogens with two attached hydrogens (primary N) is 1. The second-order valence-corrected chi connectivity index (χ2v) is 2.69. The van der Waals surface area contributed by atoms with Crippen LogP contribution in [-0.2, 0) is 0 Å². The average molecular weight is 142 g/mol. The summed E-state index contributed by atoms with van der Waals surface area (Å²) in [4.78, 5) is 0. The zero-order chi connectivity index (χ0) is 7.66. The average Bonchev–Trinajstić information content (AvgIpc) is 1.97. The Balaban J connectivity index is 2.65. The van der Waals surface area contributed by atoms with Crippen molar-refractivity contribution in [2.45, 2.75) is 45.4 Å². The molecule has 0 atom stereocenters. The van der Waals surface area contributed by atoms with E-state index in [1.54, 1.807) is 0 Å². The van der Waals surface area contributed by atoms with Crippen molar-refractivity contribution in [2.24, 2.45) is 5.73 Å². The first kappa shape index (κ1) is 9.96. The summed E-state index contributed by atoms with van der Waals surface area (Å²) < 4.78 is 0. The molecule has 0 spiro atoms. The molecule has 0 aromatic carbocycles. The molecule has 0 saturated carbocycles. The quantitative estimate of drug-likeness (QED) is 0.543. The van der Waals surface area contributed by atoms with Crippen LogP contribution in [0, 0.1) is 6.42 Å². The van der Waals surface area contributed by atoms with Crippen LogP contribution in [0.2, 0.25) is 0 Å². The standard InChI is InChI=1S/C9H20N/c1-2-3-4-5-6-7-8-9-10/h3H,2,4-10H2,1H3. The smallest absolute Gasteiger partial charge is 0.00773 e. The van der Waals surface area contributed by atoms with E-state index in [-0.39, 0.29) is 0 Å². The zero-order valence-corrected chi connectivity index (χ0v) is 7.10. The predicted molar refractivity (Wildman–Crippen MR) is 46.7 cm³/mol. The molecule has 1 nitrogen and oxygen atoms in total. The highest BCUT2D eigenvalue weighted by Crippen LogP contribution is 2.04. The summed E-state index contributed by atoms with van der Waals surface area (Å²) in [5, 5.41) is 0.